The predicted molar refractivity (Wildman–Crippen MR) is 82.4 cm³/mol. The van der Waals surface area contributed by atoms with Crippen LogP contribution in [0.3, 0.4) is 0 Å². The molecule has 0 bridgehead atoms. The molecule has 0 saturated carbocycles. The summed E-state index contributed by atoms with van der Waals surface area (Å²) in [6.07, 6.45) is 1.91. The van der Waals surface area contributed by atoms with E-state index in [0.717, 1.165) is 29.4 Å². The first-order valence-electron chi connectivity index (χ1n) is 6.54. The molecule has 1 aliphatic rings. The monoisotopic (exact) mass is 309 g/mol. The van der Waals surface area contributed by atoms with Crippen LogP contribution in [0.4, 0.5) is 0 Å². The van der Waals surface area contributed by atoms with Gasteiger partial charge in [-0.25, -0.2) is 4.98 Å². The van der Waals surface area contributed by atoms with E-state index in [-0.39, 0.29) is 11.5 Å². The zero-order valence-corrected chi connectivity index (χ0v) is 12.6. The molecule has 0 spiro atoms. The Bertz CT molecular complexity index is 674. The van der Waals surface area contributed by atoms with Gasteiger partial charge >= 0.3 is 0 Å². The quantitative estimate of drug-likeness (QED) is 0.860. The van der Waals surface area contributed by atoms with Gasteiger partial charge in [0, 0.05) is 37.6 Å². The lowest BCUT2D eigenvalue weighted by atomic mass is 10.3. The zero-order chi connectivity index (χ0) is 13.9. The van der Waals surface area contributed by atoms with Crippen molar-refractivity contribution in [2.24, 2.45) is 0 Å². The molecule has 20 heavy (non-hydrogen) atoms. The first-order chi connectivity index (χ1) is 9.75. The van der Waals surface area contributed by atoms with E-state index in [1.54, 1.807) is 12.4 Å². The fourth-order valence-electron chi connectivity index (χ4n) is 2.24. The van der Waals surface area contributed by atoms with E-state index >= 15 is 0 Å². The highest BCUT2D eigenvalue weighted by Crippen LogP contribution is 2.14. The van der Waals surface area contributed by atoms with Gasteiger partial charge in [0.15, 0.2) is 0 Å². The van der Waals surface area contributed by atoms with E-state index < -0.39 is 0 Å². The second-order valence-electron chi connectivity index (χ2n) is 4.63. The number of hydrogen-bond acceptors (Lipinski definition) is 5. The number of amides is 1. The van der Waals surface area contributed by atoms with Gasteiger partial charge in [0.25, 0.3) is 5.56 Å². The number of thiophene rings is 1. The Kier molecular flexibility index (Phi) is 4.07. The van der Waals surface area contributed by atoms with Gasteiger partial charge in [0.05, 0.1) is 11.7 Å². The summed E-state index contributed by atoms with van der Waals surface area (Å²) in [5, 5.41) is 2.50. The maximum Gasteiger partial charge on any atom is 0.262 e. The summed E-state index contributed by atoms with van der Waals surface area (Å²) >= 11 is 3.33. The van der Waals surface area contributed by atoms with Gasteiger partial charge < -0.3 is 4.90 Å². The number of carbonyl (C=O) groups is 1. The molecular formula is C13H15N3O2S2. The predicted octanol–water partition coefficient (Wildman–Crippen LogP) is 1.42. The highest BCUT2D eigenvalue weighted by molar-refractivity contribution is 7.99. The number of aryl methyl sites for hydroxylation is 1. The second-order valence-corrected chi connectivity index (χ2v) is 6.75. The third kappa shape index (κ3) is 2.73. The van der Waals surface area contributed by atoms with Gasteiger partial charge in [-0.1, -0.05) is 0 Å². The van der Waals surface area contributed by atoms with Crippen LogP contribution in [0.25, 0.3) is 10.2 Å². The van der Waals surface area contributed by atoms with Gasteiger partial charge in [-0.15, -0.1) is 11.3 Å². The summed E-state index contributed by atoms with van der Waals surface area (Å²) in [7, 11) is 0. The third-order valence-corrected chi connectivity index (χ3v) is 5.14. The lowest BCUT2D eigenvalue weighted by Crippen LogP contribution is -2.38. The number of hydrogen-bond donors (Lipinski definition) is 0. The largest absolute Gasteiger partial charge is 0.341 e. The minimum atomic E-state index is -0.0572. The Morgan fingerprint density at radius 2 is 2.15 bits per heavy atom. The van der Waals surface area contributed by atoms with Crippen LogP contribution < -0.4 is 5.56 Å². The van der Waals surface area contributed by atoms with E-state index in [1.165, 1.54) is 15.9 Å². The molecule has 5 nitrogen and oxygen atoms in total. The molecule has 1 amide bonds. The minimum absolute atomic E-state index is 0.0572. The van der Waals surface area contributed by atoms with Crippen molar-refractivity contribution in [3.05, 3.63) is 28.1 Å². The maximum atomic E-state index is 12.2. The molecule has 0 aromatic carbocycles. The molecule has 3 rings (SSSR count). The normalized spacial score (nSPS) is 15.7. The number of thioether (sulfide) groups is 1. The SMILES string of the molecule is O=C(CCn1cnc2sccc2c1=O)N1CCSCC1. The van der Waals surface area contributed by atoms with Crippen molar-refractivity contribution < 1.29 is 4.79 Å². The molecule has 1 aliphatic heterocycles. The molecule has 0 aliphatic carbocycles. The van der Waals surface area contributed by atoms with Crippen molar-refractivity contribution >= 4 is 39.2 Å². The average Bonchev–Trinajstić information content (AvgIpc) is 2.96. The molecule has 0 atom stereocenters. The number of nitrogens with zero attached hydrogens (tertiary/aromatic N) is 3. The summed E-state index contributed by atoms with van der Waals surface area (Å²) in [4.78, 5) is 31.1. The molecule has 0 N–H and O–H groups in total. The highest BCUT2D eigenvalue weighted by atomic mass is 32.2. The molecule has 0 unspecified atom stereocenters. The van der Waals surface area contributed by atoms with Crippen molar-refractivity contribution in [1.82, 2.24) is 14.5 Å². The van der Waals surface area contributed by atoms with Crippen molar-refractivity contribution in [3.8, 4) is 0 Å². The van der Waals surface area contributed by atoms with Crippen LogP contribution in [0.2, 0.25) is 0 Å². The van der Waals surface area contributed by atoms with Crippen LogP contribution >= 0.6 is 23.1 Å². The molecule has 1 saturated heterocycles. The lowest BCUT2D eigenvalue weighted by molar-refractivity contribution is -0.131. The van der Waals surface area contributed by atoms with Crippen molar-refractivity contribution in [2.75, 3.05) is 24.6 Å². The second kappa shape index (κ2) is 5.97. The lowest BCUT2D eigenvalue weighted by Gasteiger charge is -2.26. The summed E-state index contributed by atoms with van der Waals surface area (Å²) in [5.74, 6) is 2.14. The van der Waals surface area contributed by atoms with Gasteiger partial charge in [-0.3, -0.25) is 14.2 Å². The van der Waals surface area contributed by atoms with E-state index in [2.05, 4.69) is 4.98 Å². The Morgan fingerprint density at radius 1 is 1.35 bits per heavy atom. The summed E-state index contributed by atoms with van der Waals surface area (Å²) < 4.78 is 1.53. The third-order valence-electron chi connectivity index (χ3n) is 3.38. The number of aromatic nitrogens is 2. The molecule has 7 heteroatoms. The number of rotatable bonds is 3. The molecule has 3 heterocycles. The Balaban J connectivity index is 1.68. The Morgan fingerprint density at radius 3 is 2.95 bits per heavy atom. The fraction of sp³-hybridized carbons (Fsp3) is 0.462. The van der Waals surface area contributed by atoms with Crippen LogP contribution in [0.15, 0.2) is 22.6 Å². The van der Waals surface area contributed by atoms with Crippen molar-refractivity contribution in [1.29, 1.82) is 0 Å². The van der Waals surface area contributed by atoms with E-state index in [0.29, 0.717) is 18.4 Å². The Hall–Kier alpha value is -1.34. The number of fused-ring (bicyclic) bond motifs is 1. The number of carbonyl (C=O) groups excluding carboxylic acids is 1. The average molecular weight is 309 g/mol. The fourth-order valence-corrected chi connectivity index (χ4v) is 3.87. The maximum absolute atomic E-state index is 12.2. The van der Waals surface area contributed by atoms with Gasteiger partial charge in [-0.2, -0.15) is 11.8 Å². The highest BCUT2D eigenvalue weighted by Gasteiger charge is 2.16. The first-order valence-corrected chi connectivity index (χ1v) is 8.57. The van der Waals surface area contributed by atoms with E-state index in [4.69, 9.17) is 0 Å². The summed E-state index contributed by atoms with van der Waals surface area (Å²) in [6.45, 7) is 2.04. The topological polar surface area (TPSA) is 55.2 Å². The minimum Gasteiger partial charge on any atom is -0.341 e. The van der Waals surface area contributed by atoms with Crippen LogP contribution in [-0.2, 0) is 11.3 Å². The zero-order valence-electron chi connectivity index (χ0n) is 10.9. The smallest absolute Gasteiger partial charge is 0.262 e. The Labute approximate surface area is 124 Å². The van der Waals surface area contributed by atoms with Crippen molar-refractivity contribution in [2.45, 2.75) is 13.0 Å². The van der Waals surface area contributed by atoms with Crippen LogP contribution in [-0.4, -0.2) is 45.0 Å². The van der Waals surface area contributed by atoms with E-state index in [9.17, 15) is 9.59 Å². The van der Waals surface area contributed by atoms with Gasteiger partial charge in [-0.05, 0) is 11.4 Å². The van der Waals surface area contributed by atoms with Gasteiger partial charge in [0.2, 0.25) is 5.91 Å². The van der Waals surface area contributed by atoms with Crippen LogP contribution in [0.1, 0.15) is 6.42 Å². The molecule has 2 aromatic rings. The molecule has 1 fully saturated rings. The van der Waals surface area contributed by atoms with Gasteiger partial charge in [0.1, 0.15) is 4.83 Å². The summed E-state index contributed by atoms with van der Waals surface area (Å²) in [5.41, 5.74) is -0.0572. The van der Waals surface area contributed by atoms with E-state index in [1.807, 2.05) is 22.0 Å². The molecule has 106 valence electrons. The van der Waals surface area contributed by atoms with Crippen LogP contribution in [0.5, 0.6) is 0 Å². The van der Waals surface area contributed by atoms with Crippen LogP contribution in [0, 0.1) is 0 Å². The molecular weight excluding hydrogens is 294 g/mol. The summed E-state index contributed by atoms with van der Waals surface area (Å²) in [6, 6.07) is 1.79. The van der Waals surface area contributed by atoms with Crippen molar-refractivity contribution in [3.63, 3.8) is 0 Å². The first kappa shape index (κ1) is 13.6. The molecule has 0 radical (unpaired) electrons. The standard InChI is InChI=1S/C13H15N3O2S2/c17-11(15-4-7-19-8-5-15)1-3-16-9-14-12-10(13(16)18)2-6-20-12/h2,6,9H,1,3-5,7-8H2. The molecule has 2 aromatic heterocycles.